The smallest absolute Gasteiger partial charge is 0.207 e. The van der Waals surface area contributed by atoms with Crippen molar-refractivity contribution in [2.45, 2.75) is 35.9 Å². The minimum Gasteiger partial charge on any atom is -0.207 e. The minimum atomic E-state index is -4.78. The van der Waals surface area contributed by atoms with Crippen LogP contribution in [0.25, 0.3) is 0 Å². The van der Waals surface area contributed by atoms with Gasteiger partial charge in [-0.05, 0) is 24.3 Å². The van der Waals surface area contributed by atoms with Crippen molar-refractivity contribution in [1.82, 2.24) is 4.90 Å². The van der Waals surface area contributed by atoms with Gasteiger partial charge in [-0.3, -0.25) is 0 Å². The van der Waals surface area contributed by atoms with Crippen LogP contribution >= 0.6 is 20.2 Å². The summed E-state index contributed by atoms with van der Waals surface area (Å²) in [5, 5.41) is 0. The van der Waals surface area contributed by atoms with Crippen LogP contribution < -0.4 is 4.74 Å². The Bertz CT molecular complexity index is 1370. The van der Waals surface area contributed by atoms with E-state index >= 15 is 8.78 Å². The molecule has 4 rings (SSSR count). The molecule has 0 radical (unpaired) electrons. The molecule has 0 N–H and O–H groups in total. The number of alkyl halides is 5. The Hall–Kier alpha value is -2.91. The van der Waals surface area contributed by atoms with Crippen LogP contribution in [-0.4, -0.2) is 42.9 Å². The average Bonchev–Trinajstić information content (AvgIpc) is 3.19. The van der Waals surface area contributed by atoms with Crippen LogP contribution in [0.1, 0.15) is 35.3 Å². The Kier molecular flexibility index (Phi) is 10.1. The van der Waals surface area contributed by atoms with Gasteiger partial charge in [-0.15, -0.1) is 0 Å². The molecule has 3 aromatic carbocycles. The van der Waals surface area contributed by atoms with Gasteiger partial charge in [-0.1, -0.05) is 0 Å². The van der Waals surface area contributed by atoms with Gasteiger partial charge in [0.15, 0.2) is 0 Å². The fourth-order valence-electron chi connectivity index (χ4n) is 3.79. The van der Waals surface area contributed by atoms with Gasteiger partial charge in [-0.2, -0.15) is 8.42 Å². The molecule has 0 fully saturated rings. The molecule has 3 aromatic rings. The third kappa shape index (κ3) is 7.04. The van der Waals surface area contributed by atoms with Gasteiger partial charge in [0.05, 0.1) is 0 Å². The first kappa shape index (κ1) is 31.6. The SMILES string of the molecule is CN(CCc1ccc(OC(F)(F)C(F)(F)I2OC(C)(C)c3ccccc32)cc1)C(=O)c1ccc(F)cc1.O=S=O. The summed E-state index contributed by atoms with van der Waals surface area (Å²) >= 11 is -4.89. The molecule has 13 heteroatoms. The first-order valence-electron chi connectivity index (χ1n) is 11.7. The van der Waals surface area contributed by atoms with Crippen LogP contribution in [0.2, 0.25) is 0 Å². The minimum absolute atomic E-state index is 0.152. The van der Waals surface area contributed by atoms with E-state index in [1.54, 1.807) is 33.0 Å². The summed E-state index contributed by atoms with van der Waals surface area (Å²) < 4.78 is 95.3. The molecule has 0 saturated heterocycles. The molecule has 6 nitrogen and oxygen atoms in total. The maximum atomic E-state index is 15.2. The number of amides is 1. The second-order valence-corrected chi connectivity index (χ2v) is 13.6. The van der Waals surface area contributed by atoms with Crippen LogP contribution in [0.4, 0.5) is 22.0 Å². The van der Waals surface area contributed by atoms with E-state index in [2.05, 4.69) is 4.74 Å². The van der Waals surface area contributed by atoms with Gasteiger partial charge >= 0.3 is 197 Å². The zero-order valence-electron chi connectivity index (χ0n) is 21.5. The number of carbonyl (C=O) groups is 1. The number of hydrogen-bond acceptors (Lipinski definition) is 5. The molecule has 0 aromatic heterocycles. The summed E-state index contributed by atoms with van der Waals surface area (Å²) in [5.74, 6) is -1.16. The van der Waals surface area contributed by atoms with Gasteiger partial charge in [0, 0.05) is 0 Å². The van der Waals surface area contributed by atoms with E-state index < -0.39 is 59.0 Å². The van der Waals surface area contributed by atoms with E-state index in [9.17, 15) is 18.0 Å². The van der Waals surface area contributed by atoms with Crippen molar-refractivity contribution in [3.8, 4) is 5.75 Å². The van der Waals surface area contributed by atoms with Gasteiger partial charge < -0.3 is 0 Å². The van der Waals surface area contributed by atoms with Crippen molar-refractivity contribution < 1.29 is 43.0 Å². The molecule has 1 aliphatic rings. The third-order valence-corrected chi connectivity index (χ3v) is 11.3. The van der Waals surface area contributed by atoms with E-state index in [1.807, 2.05) is 0 Å². The molecule has 1 aliphatic heterocycles. The number of fused-ring (bicyclic) bond motifs is 1. The molecule has 216 valence electrons. The van der Waals surface area contributed by atoms with Crippen LogP contribution in [0.5, 0.6) is 5.75 Å². The van der Waals surface area contributed by atoms with Crippen molar-refractivity contribution >= 4 is 37.7 Å². The second kappa shape index (κ2) is 12.7. The molecular formula is C27H25F5INO5S. The van der Waals surface area contributed by atoms with E-state index in [0.29, 0.717) is 29.7 Å². The monoisotopic (exact) mass is 697 g/mol. The van der Waals surface area contributed by atoms with Gasteiger partial charge in [0.1, 0.15) is 5.82 Å². The number of benzene rings is 3. The molecule has 0 unspecified atom stereocenters. The van der Waals surface area contributed by atoms with E-state index in [0.717, 1.165) is 0 Å². The van der Waals surface area contributed by atoms with Crippen molar-refractivity contribution in [1.29, 1.82) is 0 Å². The van der Waals surface area contributed by atoms with Crippen molar-refractivity contribution in [3.63, 3.8) is 0 Å². The molecule has 0 atom stereocenters. The topological polar surface area (TPSA) is 72.9 Å². The standard InChI is InChI=1S/C27H25F5INO3.O2S/c1-25(2)22-6-4-5-7-23(22)33(37-25)26(29,30)27(31,32)36-21-14-8-18(9-15-21)16-17-34(3)24(35)19-10-12-20(28)13-11-19;1-3-2/h4-15H,16-17H2,1-3H3;. The fourth-order valence-corrected chi connectivity index (χ4v) is 8.95. The summed E-state index contributed by atoms with van der Waals surface area (Å²) in [5.41, 5.74) is 0.417. The summed E-state index contributed by atoms with van der Waals surface area (Å²) in [6.45, 7) is 3.47. The summed E-state index contributed by atoms with van der Waals surface area (Å²) in [6, 6.07) is 16.7. The summed E-state index contributed by atoms with van der Waals surface area (Å²) in [7, 11) is 1.58. The van der Waals surface area contributed by atoms with Crippen LogP contribution in [0, 0.1) is 9.39 Å². The molecule has 1 heterocycles. The maximum absolute atomic E-state index is 15.2. The van der Waals surface area contributed by atoms with Crippen LogP contribution in [-0.2, 0) is 26.7 Å². The summed E-state index contributed by atoms with van der Waals surface area (Å²) in [4.78, 5) is 13.9. The van der Waals surface area contributed by atoms with E-state index in [-0.39, 0.29) is 9.48 Å². The van der Waals surface area contributed by atoms with Crippen molar-refractivity contribution in [2.24, 2.45) is 0 Å². The Labute approximate surface area is 239 Å². The number of nitrogens with zero attached hydrogens (tertiary/aromatic N) is 1. The zero-order valence-corrected chi connectivity index (χ0v) is 24.5. The second-order valence-electron chi connectivity index (χ2n) is 9.13. The number of ether oxygens (including phenoxy) is 1. The summed E-state index contributed by atoms with van der Waals surface area (Å²) in [6.07, 6.45) is -4.40. The molecule has 40 heavy (non-hydrogen) atoms. The molecule has 1 amide bonds. The Balaban J connectivity index is 0.00000141. The predicted molar refractivity (Wildman–Crippen MR) is 146 cm³/mol. The average molecular weight is 697 g/mol. The third-order valence-electron chi connectivity index (χ3n) is 5.87. The van der Waals surface area contributed by atoms with Gasteiger partial charge in [0.25, 0.3) is 0 Å². The zero-order chi connectivity index (χ0) is 29.7. The quantitative estimate of drug-likeness (QED) is 0.151. The number of carbonyl (C=O) groups excluding carboxylic acids is 1. The number of halogens is 6. The van der Waals surface area contributed by atoms with Crippen molar-refractivity contribution in [3.05, 3.63) is 98.9 Å². The van der Waals surface area contributed by atoms with Gasteiger partial charge in [0.2, 0.25) is 0 Å². The van der Waals surface area contributed by atoms with E-state index in [1.165, 1.54) is 65.6 Å². The Morgan fingerprint density at radius 1 is 0.975 bits per heavy atom. The molecule has 0 saturated carbocycles. The van der Waals surface area contributed by atoms with E-state index in [4.69, 9.17) is 11.5 Å². The predicted octanol–water partition coefficient (Wildman–Crippen LogP) is 6.59. The molecule has 0 bridgehead atoms. The first-order valence-corrected chi connectivity index (χ1v) is 15.4. The normalized spacial score (nSPS) is 14.9. The fraction of sp³-hybridized carbons (Fsp3) is 0.296. The Morgan fingerprint density at radius 2 is 1.55 bits per heavy atom. The van der Waals surface area contributed by atoms with Crippen LogP contribution in [0.15, 0.2) is 72.8 Å². The molecular weight excluding hydrogens is 672 g/mol. The van der Waals surface area contributed by atoms with Crippen LogP contribution in [0.3, 0.4) is 0 Å². The first-order chi connectivity index (χ1) is 18.7. The number of hydrogen-bond donors (Lipinski definition) is 0. The molecule has 0 aliphatic carbocycles. The number of rotatable bonds is 8. The Morgan fingerprint density at radius 3 is 2.15 bits per heavy atom. The molecule has 0 spiro atoms. The van der Waals surface area contributed by atoms with Crippen molar-refractivity contribution in [2.75, 3.05) is 13.6 Å². The van der Waals surface area contributed by atoms with Gasteiger partial charge in [-0.25, -0.2) is 4.39 Å². The number of likely N-dealkylation sites (N-methyl/N-ethyl adjacent to an activating group) is 1.